The number of likely N-dealkylation sites (tertiary alicyclic amines) is 1. The first-order valence-corrected chi connectivity index (χ1v) is 7.27. The number of urea groups is 1. The molecule has 4 nitrogen and oxygen atoms in total. The minimum absolute atomic E-state index is 0.124. The van der Waals surface area contributed by atoms with Crippen LogP contribution in [-0.2, 0) is 6.18 Å². The lowest BCUT2D eigenvalue weighted by molar-refractivity contribution is -0.137. The normalized spacial score (nSPS) is 15.4. The van der Waals surface area contributed by atoms with Crippen LogP contribution in [-0.4, -0.2) is 36.7 Å². The quantitative estimate of drug-likeness (QED) is 0.847. The van der Waals surface area contributed by atoms with Crippen molar-refractivity contribution in [3.8, 4) is 5.75 Å². The molecule has 1 aromatic carbocycles. The number of carbonyl (C=O) groups is 1. The molecule has 7 heteroatoms. The molecule has 1 fully saturated rings. The Hall–Kier alpha value is -1.92. The van der Waals surface area contributed by atoms with Crippen LogP contribution in [0.5, 0.6) is 5.75 Å². The van der Waals surface area contributed by atoms with E-state index in [9.17, 15) is 18.0 Å². The van der Waals surface area contributed by atoms with Gasteiger partial charge in [0.2, 0.25) is 0 Å². The highest BCUT2D eigenvalue weighted by Gasteiger charge is 2.33. The van der Waals surface area contributed by atoms with Crippen LogP contribution in [0, 0.1) is 0 Å². The highest BCUT2D eigenvalue weighted by Crippen LogP contribution is 2.30. The second kappa shape index (κ2) is 6.89. The Labute approximate surface area is 127 Å². The van der Waals surface area contributed by atoms with Gasteiger partial charge in [-0.1, -0.05) is 13.3 Å². The van der Waals surface area contributed by atoms with Gasteiger partial charge in [0, 0.05) is 6.54 Å². The fourth-order valence-corrected chi connectivity index (χ4v) is 2.08. The molecular formula is C15H19F3N2O2. The van der Waals surface area contributed by atoms with E-state index in [0.29, 0.717) is 25.4 Å². The summed E-state index contributed by atoms with van der Waals surface area (Å²) in [5.41, 5.74) is -0.703. The van der Waals surface area contributed by atoms with Crippen LogP contribution in [0.1, 0.15) is 25.3 Å². The van der Waals surface area contributed by atoms with Crippen LogP contribution in [0.25, 0.3) is 0 Å². The first kappa shape index (κ1) is 16.5. The number of rotatable bonds is 5. The van der Waals surface area contributed by atoms with Gasteiger partial charge in [-0.15, -0.1) is 0 Å². The number of carbonyl (C=O) groups excluding carboxylic acids is 1. The van der Waals surface area contributed by atoms with Crippen molar-refractivity contribution in [1.29, 1.82) is 0 Å². The predicted molar refractivity (Wildman–Crippen MR) is 75.7 cm³/mol. The zero-order valence-electron chi connectivity index (χ0n) is 12.3. The Kier molecular flexibility index (Phi) is 5.15. The standard InChI is InChI=1S/C15H19F3N2O2/c1-2-3-8-19-14(21)20-9-13(10-20)22-12-6-4-11(5-7-12)15(16,17)18/h4-7,13H,2-3,8-10H2,1H3,(H,19,21). The maximum atomic E-state index is 12.4. The van der Waals surface area contributed by atoms with Crippen LogP contribution in [0.3, 0.4) is 0 Å². The Morgan fingerprint density at radius 1 is 1.32 bits per heavy atom. The fourth-order valence-electron chi connectivity index (χ4n) is 2.08. The minimum atomic E-state index is -4.34. The molecule has 1 aromatic rings. The lowest BCUT2D eigenvalue weighted by Gasteiger charge is -2.38. The monoisotopic (exact) mass is 316 g/mol. The molecule has 122 valence electrons. The summed E-state index contributed by atoms with van der Waals surface area (Å²) in [6.45, 7) is 3.58. The lowest BCUT2D eigenvalue weighted by atomic mass is 10.1. The lowest BCUT2D eigenvalue weighted by Crippen LogP contribution is -2.58. The number of hydrogen-bond donors (Lipinski definition) is 1. The van der Waals surface area contributed by atoms with E-state index in [0.717, 1.165) is 25.0 Å². The molecule has 2 rings (SSSR count). The van der Waals surface area contributed by atoms with Crippen LogP contribution in [0.2, 0.25) is 0 Å². The first-order chi connectivity index (χ1) is 10.4. The summed E-state index contributed by atoms with van der Waals surface area (Å²) in [5, 5.41) is 2.80. The number of alkyl halides is 3. The summed E-state index contributed by atoms with van der Waals surface area (Å²) in [6.07, 6.45) is -2.57. The first-order valence-electron chi connectivity index (χ1n) is 7.27. The second-order valence-corrected chi connectivity index (χ2v) is 5.25. The predicted octanol–water partition coefficient (Wildman–Crippen LogP) is 3.28. The van der Waals surface area contributed by atoms with Crippen LogP contribution in [0.15, 0.2) is 24.3 Å². The second-order valence-electron chi connectivity index (χ2n) is 5.25. The molecule has 0 bridgehead atoms. The molecule has 1 aliphatic rings. The molecule has 22 heavy (non-hydrogen) atoms. The summed E-state index contributed by atoms with van der Waals surface area (Å²) in [4.78, 5) is 13.3. The van der Waals surface area contributed by atoms with E-state index in [1.807, 2.05) is 6.92 Å². The summed E-state index contributed by atoms with van der Waals surface area (Å²) in [6, 6.07) is 4.45. The molecule has 1 aliphatic heterocycles. The van der Waals surface area contributed by atoms with E-state index in [-0.39, 0.29) is 12.1 Å². The van der Waals surface area contributed by atoms with Crippen molar-refractivity contribution in [2.75, 3.05) is 19.6 Å². The number of nitrogens with zero attached hydrogens (tertiary/aromatic N) is 1. The molecule has 0 unspecified atom stereocenters. The molecule has 0 saturated carbocycles. The highest BCUT2D eigenvalue weighted by molar-refractivity contribution is 5.75. The van der Waals surface area contributed by atoms with E-state index in [4.69, 9.17) is 4.74 Å². The number of halogens is 3. The van der Waals surface area contributed by atoms with Crippen LogP contribution >= 0.6 is 0 Å². The zero-order chi connectivity index (χ0) is 16.2. The van der Waals surface area contributed by atoms with E-state index in [2.05, 4.69) is 5.32 Å². The van der Waals surface area contributed by atoms with Crippen LogP contribution in [0.4, 0.5) is 18.0 Å². The Balaban J connectivity index is 1.74. The molecular weight excluding hydrogens is 297 g/mol. The minimum Gasteiger partial charge on any atom is -0.487 e. The number of nitrogens with one attached hydrogen (secondary N) is 1. The molecule has 0 atom stereocenters. The van der Waals surface area contributed by atoms with Gasteiger partial charge in [0.25, 0.3) is 0 Å². The van der Waals surface area contributed by atoms with E-state index < -0.39 is 11.7 Å². The largest absolute Gasteiger partial charge is 0.487 e. The molecule has 0 radical (unpaired) electrons. The van der Waals surface area contributed by atoms with E-state index >= 15 is 0 Å². The van der Waals surface area contributed by atoms with Gasteiger partial charge in [-0.25, -0.2) is 4.79 Å². The average Bonchev–Trinajstić information content (AvgIpc) is 2.42. The molecule has 1 saturated heterocycles. The van der Waals surface area contributed by atoms with Crippen LogP contribution < -0.4 is 10.1 Å². The maximum absolute atomic E-state index is 12.4. The molecule has 0 spiro atoms. The zero-order valence-corrected chi connectivity index (χ0v) is 12.3. The SMILES string of the molecule is CCCCNC(=O)N1CC(Oc2ccc(C(F)(F)F)cc2)C1. The van der Waals surface area contributed by atoms with Gasteiger partial charge in [-0.2, -0.15) is 13.2 Å². The Morgan fingerprint density at radius 3 is 2.50 bits per heavy atom. The Morgan fingerprint density at radius 2 is 1.95 bits per heavy atom. The smallest absolute Gasteiger partial charge is 0.416 e. The topological polar surface area (TPSA) is 41.6 Å². The van der Waals surface area contributed by atoms with Gasteiger partial charge >= 0.3 is 12.2 Å². The summed E-state index contributed by atoms with van der Waals surface area (Å²) < 4.78 is 42.8. The van der Waals surface area contributed by atoms with Crippen molar-refractivity contribution in [1.82, 2.24) is 10.2 Å². The van der Waals surface area contributed by atoms with Gasteiger partial charge in [0.1, 0.15) is 11.9 Å². The third-order valence-electron chi connectivity index (χ3n) is 3.43. The van der Waals surface area contributed by atoms with Crippen molar-refractivity contribution in [2.24, 2.45) is 0 Å². The van der Waals surface area contributed by atoms with Gasteiger partial charge in [-0.05, 0) is 30.7 Å². The van der Waals surface area contributed by atoms with Crippen molar-refractivity contribution in [3.63, 3.8) is 0 Å². The van der Waals surface area contributed by atoms with Crippen molar-refractivity contribution in [2.45, 2.75) is 32.0 Å². The third kappa shape index (κ3) is 4.29. The van der Waals surface area contributed by atoms with Gasteiger partial charge in [0.15, 0.2) is 0 Å². The molecule has 1 N–H and O–H groups in total. The van der Waals surface area contributed by atoms with Crippen molar-refractivity contribution < 1.29 is 22.7 Å². The number of unbranched alkanes of at least 4 members (excludes halogenated alkanes) is 1. The molecule has 0 aromatic heterocycles. The van der Waals surface area contributed by atoms with Gasteiger partial charge < -0.3 is 15.0 Å². The van der Waals surface area contributed by atoms with E-state index in [1.165, 1.54) is 12.1 Å². The summed E-state index contributed by atoms with van der Waals surface area (Å²) in [5.74, 6) is 0.379. The maximum Gasteiger partial charge on any atom is 0.416 e. The van der Waals surface area contributed by atoms with Gasteiger partial charge in [0.05, 0.1) is 18.7 Å². The van der Waals surface area contributed by atoms with E-state index in [1.54, 1.807) is 4.90 Å². The molecule has 2 amide bonds. The molecule has 1 heterocycles. The number of ether oxygens (including phenoxy) is 1. The third-order valence-corrected chi connectivity index (χ3v) is 3.43. The highest BCUT2D eigenvalue weighted by atomic mass is 19.4. The number of benzene rings is 1. The summed E-state index contributed by atoms with van der Waals surface area (Å²) >= 11 is 0. The number of amides is 2. The average molecular weight is 316 g/mol. The summed E-state index contributed by atoms with van der Waals surface area (Å²) in [7, 11) is 0. The van der Waals surface area contributed by atoms with Crippen molar-refractivity contribution in [3.05, 3.63) is 29.8 Å². The Bertz CT molecular complexity index is 497. The number of hydrogen-bond acceptors (Lipinski definition) is 2. The van der Waals surface area contributed by atoms with Gasteiger partial charge in [-0.3, -0.25) is 0 Å². The fraction of sp³-hybridized carbons (Fsp3) is 0.533. The molecule has 0 aliphatic carbocycles. The van der Waals surface area contributed by atoms with Crippen molar-refractivity contribution >= 4 is 6.03 Å².